The SMILES string of the molecule is CC(=O)c1cnc(N(C)CC2CCN(C)CC2)s1. The molecule has 0 aliphatic carbocycles. The van der Waals surface area contributed by atoms with Crippen molar-refractivity contribution in [2.24, 2.45) is 5.92 Å². The van der Waals surface area contributed by atoms with E-state index < -0.39 is 0 Å². The van der Waals surface area contributed by atoms with Crippen LogP contribution in [0.2, 0.25) is 0 Å². The average Bonchev–Trinajstić information content (AvgIpc) is 2.81. The van der Waals surface area contributed by atoms with Gasteiger partial charge in [0.2, 0.25) is 0 Å². The minimum absolute atomic E-state index is 0.103. The molecule has 1 fully saturated rings. The maximum absolute atomic E-state index is 11.3. The first-order valence-electron chi connectivity index (χ1n) is 6.42. The molecule has 1 aromatic heterocycles. The second-order valence-corrected chi connectivity index (χ2v) is 6.20. The molecule has 0 bridgehead atoms. The van der Waals surface area contributed by atoms with Crippen molar-refractivity contribution >= 4 is 22.3 Å². The highest BCUT2D eigenvalue weighted by Gasteiger charge is 2.19. The van der Waals surface area contributed by atoms with Gasteiger partial charge in [-0.15, -0.1) is 0 Å². The quantitative estimate of drug-likeness (QED) is 0.783. The lowest BCUT2D eigenvalue weighted by Gasteiger charge is -2.31. The highest BCUT2D eigenvalue weighted by Crippen LogP contribution is 2.24. The van der Waals surface area contributed by atoms with Crippen LogP contribution in [0.5, 0.6) is 0 Å². The lowest BCUT2D eigenvalue weighted by Crippen LogP contribution is -2.35. The van der Waals surface area contributed by atoms with Crippen LogP contribution in [0.3, 0.4) is 0 Å². The van der Waals surface area contributed by atoms with Crippen LogP contribution in [0.15, 0.2) is 6.20 Å². The number of rotatable bonds is 4. The molecule has 0 radical (unpaired) electrons. The zero-order valence-electron chi connectivity index (χ0n) is 11.3. The zero-order valence-corrected chi connectivity index (χ0v) is 12.2. The van der Waals surface area contributed by atoms with Crippen molar-refractivity contribution in [2.75, 3.05) is 38.6 Å². The summed E-state index contributed by atoms with van der Waals surface area (Å²) in [4.78, 5) is 20.9. The Labute approximate surface area is 113 Å². The van der Waals surface area contributed by atoms with E-state index in [-0.39, 0.29) is 5.78 Å². The number of carbonyl (C=O) groups excluding carboxylic acids is 1. The van der Waals surface area contributed by atoms with Crippen LogP contribution < -0.4 is 4.90 Å². The molecule has 5 heteroatoms. The highest BCUT2D eigenvalue weighted by molar-refractivity contribution is 7.17. The van der Waals surface area contributed by atoms with Gasteiger partial charge in [0.25, 0.3) is 0 Å². The van der Waals surface area contributed by atoms with Crippen LogP contribution >= 0.6 is 11.3 Å². The zero-order chi connectivity index (χ0) is 13.1. The number of hydrogen-bond acceptors (Lipinski definition) is 5. The van der Waals surface area contributed by atoms with E-state index in [1.54, 1.807) is 13.1 Å². The Hall–Kier alpha value is -0.940. The number of piperidine rings is 1. The van der Waals surface area contributed by atoms with Gasteiger partial charge in [0.05, 0.1) is 11.1 Å². The highest BCUT2D eigenvalue weighted by atomic mass is 32.1. The van der Waals surface area contributed by atoms with Crippen LogP contribution in [-0.2, 0) is 0 Å². The Balaban J connectivity index is 1.90. The first-order chi connectivity index (χ1) is 8.56. The summed E-state index contributed by atoms with van der Waals surface area (Å²) >= 11 is 1.49. The fourth-order valence-electron chi connectivity index (χ4n) is 2.31. The third-order valence-electron chi connectivity index (χ3n) is 3.54. The predicted octanol–water partition coefficient (Wildman–Crippen LogP) is 2.12. The summed E-state index contributed by atoms with van der Waals surface area (Å²) in [5, 5.41) is 0.958. The molecule has 0 saturated carbocycles. The van der Waals surface area contributed by atoms with Gasteiger partial charge >= 0.3 is 0 Å². The van der Waals surface area contributed by atoms with Gasteiger partial charge in [-0.25, -0.2) is 4.98 Å². The second kappa shape index (κ2) is 5.80. The third kappa shape index (κ3) is 3.29. The van der Waals surface area contributed by atoms with Gasteiger partial charge in [0.1, 0.15) is 0 Å². The van der Waals surface area contributed by atoms with Crippen molar-refractivity contribution in [1.29, 1.82) is 0 Å². The minimum Gasteiger partial charge on any atom is -0.351 e. The van der Waals surface area contributed by atoms with E-state index in [9.17, 15) is 4.79 Å². The molecule has 0 N–H and O–H groups in total. The number of nitrogens with zero attached hydrogens (tertiary/aromatic N) is 3. The normalized spacial score (nSPS) is 17.9. The number of Topliss-reactive ketones (excluding diaryl/α,β-unsaturated/α-hetero) is 1. The molecule has 0 aromatic carbocycles. The maximum atomic E-state index is 11.3. The molecule has 1 aliphatic heterocycles. The largest absolute Gasteiger partial charge is 0.351 e. The summed E-state index contributed by atoms with van der Waals surface area (Å²) in [6, 6.07) is 0. The van der Waals surface area contributed by atoms with Crippen molar-refractivity contribution in [3.63, 3.8) is 0 Å². The summed E-state index contributed by atoms with van der Waals surface area (Å²) in [5.41, 5.74) is 0. The van der Waals surface area contributed by atoms with Crippen molar-refractivity contribution in [2.45, 2.75) is 19.8 Å². The summed E-state index contributed by atoms with van der Waals surface area (Å²) in [7, 11) is 4.25. The molecule has 1 aromatic rings. The van der Waals surface area contributed by atoms with E-state index in [4.69, 9.17) is 0 Å². The van der Waals surface area contributed by atoms with Crippen LogP contribution in [-0.4, -0.2) is 49.4 Å². The molecular formula is C13H21N3OS. The molecule has 4 nitrogen and oxygen atoms in total. The van der Waals surface area contributed by atoms with E-state index >= 15 is 0 Å². The van der Waals surface area contributed by atoms with Gasteiger partial charge < -0.3 is 9.80 Å². The topological polar surface area (TPSA) is 36.4 Å². The second-order valence-electron chi connectivity index (χ2n) is 5.19. The van der Waals surface area contributed by atoms with Gasteiger partial charge in [0, 0.05) is 20.5 Å². The van der Waals surface area contributed by atoms with E-state index in [0.717, 1.165) is 22.5 Å². The molecule has 1 aliphatic rings. The number of hydrogen-bond donors (Lipinski definition) is 0. The number of likely N-dealkylation sites (tertiary alicyclic amines) is 1. The van der Waals surface area contributed by atoms with Crippen LogP contribution in [0, 0.1) is 5.92 Å². The standard InChI is InChI=1S/C13H21N3OS/c1-10(17)12-8-14-13(18-12)16(3)9-11-4-6-15(2)7-5-11/h8,11H,4-7,9H2,1-3H3. The third-order valence-corrected chi connectivity index (χ3v) is 4.75. The Morgan fingerprint density at radius 1 is 1.56 bits per heavy atom. The minimum atomic E-state index is 0.103. The van der Waals surface area contributed by atoms with Gasteiger partial charge in [-0.3, -0.25) is 4.79 Å². The Bertz CT molecular complexity index is 410. The number of aromatic nitrogens is 1. The molecular weight excluding hydrogens is 246 g/mol. The van der Waals surface area contributed by atoms with Gasteiger partial charge in [0.15, 0.2) is 10.9 Å². The summed E-state index contributed by atoms with van der Waals surface area (Å²) in [6.45, 7) is 5.01. The van der Waals surface area contributed by atoms with Crippen molar-refractivity contribution in [3.8, 4) is 0 Å². The van der Waals surface area contributed by atoms with E-state index in [2.05, 4.69) is 28.9 Å². The van der Waals surface area contributed by atoms with Crippen LogP contribution in [0.4, 0.5) is 5.13 Å². The smallest absolute Gasteiger partial charge is 0.185 e. The van der Waals surface area contributed by atoms with Crippen molar-refractivity contribution in [3.05, 3.63) is 11.1 Å². The number of anilines is 1. The lowest BCUT2D eigenvalue weighted by atomic mass is 9.97. The maximum Gasteiger partial charge on any atom is 0.185 e. The van der Waals surface area contributed by atoms with Gasteiger partial charge in [-0.1, -0.05) is 11.3 Å². The van der Waals surface area contributed by atoms with Gasteiger partial charge in [-0.2, -0.15) is 0 Å². The van der Waals surface area contributed by atoms with Crippen LogP contribution in [0.25, 0.3) is 0 Å². The molecule has 18 heavy (non-hydrogen) atoms. The van der Waals surface area contributed by atoms with Crippen molar-refractivity contribution < 1.29 is 4.79 Å². The number of thiazole rings is 1. The number of ketones is 1. The molecule has 0 unspecified atom stereocenters. The summed E-state index contributed by atoms with van der Waals surface area (Å²) in [5.74, 6) is 0.849. The first-order valence-corrected chi connectivity index (χ1v) is 7.24. The fourth-order valence-corrected chi connectivity index (χ4v) is 3.10. The molecule has 100 valence electrons. The van der Waals surface area contributed by atoms with Gasteiger partial charge in [-0.05, 0) is 38.9 Å². The Morgan fingerprint density at radius 3 is 2.78 bits per heavy atom. The number of carbonyl (C=O) groups is 1. The van der Waals surface area contributed by atoms with Crippen molar-refractivity contribution in [1.82, 2.24) is 9.88 Å². The monoisotopic (exact) mass is 267 g/mol. The predicted molar refractivity (Wildman–Crippen MR) is 75.6 cm³/mol. The Morgan fingerprint density at radius 2 is 2.22 bits per heavy atom. The molecule has 2 heterocycles. The van der Waals surface area contributed by atoms with E-state index in [1.165, 1.54) is 37.3 Å². The van der Waals surface area contributed by atoms with Crippen LogP contribution in [0.1, 0.15) is 29.4 Å². The first kappa shape index (κ1) is 13.5. The summed E-state index contributed by atoms with van der Waals surface area (Å²) < 4.78 is 0. The molecule has 0 amide bonds. The van der Waals surface area contributed by atoms with E-state index in [0.29, 0.717) is 0 Å². The lowest BCUT2D eigenvalue weighted by molar-refractivity contribution is 0.102. The average molecular weight is 267 g/mol. The van der Waals surface area contributed by atoms with E-state index in [1.807, 2.05) is 0 Å². The molecule has 2 rings (SSSR count). The summed E-state index contributed by atoms with van der Waals surface area (Å²) in [6.07, 6.45) is 4.20. The molecule has 1 saturated heterocycles. The molecule has 0 atom stereocenters. The Kier molecular flexibility index (Phi) is 4.35. The molecule has 0 spiro atoms. The fraction of sp³-hybridized carbons (Fsp3) is 0.692.